The minimum atomic E-state index is -0.209. The van der Waals surface area contributed by atoms with Crippen molar-refractivity contribution in [3.8, 4) is 0 Å². The highest BCUT2D eigenvalue weighted by atomic mass is 79.9. The van der Waals surface area contributed by atoms with Gasteiger partial charge < -0.3 is 4.42 Å². The van der Waals surface area contributed by atoms with E-state index in [1.54, 1.807) is 6.26 Å². The van der Waals surface area contributed by atoms with Crippen LogP contribution in [0, 0.1) is 0 Å². The maximum Gasteiger partial charge on any atom is 0.141 e. The molecule has 1 atom stereocenters. The fourth-order valence-electron chi connectivity index (χ4n) is 1.46. The third kappa shape index (κ3) is 2.03. The van der Waals surface area contributed by atoms with E-state index in [0.29, 0.717) is 0 Å². The number of aryl methyl sites for hydroxylation is 1. The maximum atomic E-state index is 5.57. The summed E-state index contributed by atoms with van der Waals surface area (Å²) in [4.78, 5) is 0.987. The first-order valence-electron chi connectivity index (χ1n) is 4.78. The molecule has 0 fully saturated rings. The van der Waals surface area contributed by atoms with E-state index in [-0.39, 0.29) is 6.04 Å². The topological polar surface area (TPSA) is 77.0 Å². The van der Waals surface area contributed by atoms with E-state index in [0.717, 1.165) is 27.2 Å². The molecule has 0 bridgehead atoms. The molecule has 0 amide bonds. The molecule has 2 aromatic rings. The first-order valence-corrected chi connectivity index (χ1v) is 6.34. The summed E-state index contributed by atoms with van der Waals surface area (Å²) in [5.41, 5.74) is 3.67. The molecular weight excluding hydrogens is 292 g/mol. The lowest BCUT2D eigenvalue weighted by Crippen LogP contribution is -2.28. The van der Waals surface area contributed by atoms with Crippen LogP contribution in [0.4, 0.5) is 0 Å². The number of nitrogens with zero attached hydrogens (tertiary/aromatic N) is 2. The quantitative estimate of drug-likeness (QED) is 0.667. The number of nitrogens with two attached hydrogens (primary N) is 1. The average Bonchev–Trinajstić information content (AvgIpc) is 2.90. The highest BCUT2D eigenvalue weighted by Crippen LogP contribution is 2.32. The number of hydrogen-bond acceptors (Lipinski definition) is 6. The first-order chi connectivity index (χ1) is 7.77. The van der Waals surface area contributed by atoms with Crippen molar-refractivity contribution in [3.63, 3.8) is 0 Å². The van der Waals surface area contributed by atoms with Gasteiger partial charge in [-0.15, -0.1) is 5.10 Å². The van der Waals surface area contributed by atoms with Gasteiger partial charge in [-0.1, -0.05) is 11.4 Å². The molecule has 2 aromatic heterocycles. The van der Waals surface area contributed by atoms with Gasteiger partial charge in [0.2, 0.25) is 0 Å². The molecule has 0 aliphatic heterocycles. The zero-order valence-corrected chi connectivity index (χ0v) is 11.0. The minimum Gasteiger partial charge on any atom is -0.466 e. The average molecular weight is 303 g/mol. The van der Waals surface area contributed by atoms with E-state index >= 15 is 0 Å². The van der Waals surface area contributed by atoms with Crippen LogP contribution in [-0.2, 0) is 6.42 Å². The molecule has 3 N–H and O–H groups in total. The van der Waals surface area contributed by atoms with Gasteiger partial charge >= 0.3 is 0 Å². The molecule has 0 saturated carbocycles. The standard InChI is InChI=1S/C9H11BrN4OS/c1-2-6-9(16-14-13-6)7(12-11)8-5(10)3-4-15-8/h3-4,7,12H,2,11H2,1H3. The summed E-state index contributed by atoms with van der Waals surface area (Å²) in [5, 5.41) is 4.06. The normalized spacial score (nSPS) is 12.9. The van der Waals surface area contributed by atoms with Gasteiger partial charge in [-0.25, -0.2) is 5.43 Å². The van der Waals surface area contributed by atoms with Gasteiger partial charge in [-0.2, -0.15) is 0 Å². The summed E-state index contributed by atoms with van der Waals surface area (Å²) in [5.74, 6) is 6.31. The molecule has 1 unspecified atom stereocenters. The van der Waals surface area contributed by atoms with E-state index in [1.807, 2.05) is 13.0 Å². The number of rotatable bonds is 4. The Morgan fingerprint density at radius 2 is 2.50 bits per heavy atom. The second kappa shape index (κ2) is 5.05. The van der Waals surface area contributed by atoms with Crippen molar-refractivity contribution in [2.45, 2.75) is 19.4 Å². The van der Waals surface area contributed by atoms with Crippen LogP contribution < -0.4 is 11.3 Å². The Morgan fingerprint density at radius 1 is 1.69 bits per heavy atom. The van der Waals surface area contributed by atoms with Crippen LogP contribution in [0.5, 0.6) is 0 Å². The SMILES string of the molecule is CCc1nnsc1C(NN)c1occc1Br. The Hall–Kier alpha value is -0.760. The fourth-order valence-corrected chi connectivity index (χ4v) is 2.69. The lowest BCUT2D eigenvalue weighted by Gasteiger charge is -2.12. The Labute approximate surface area is 105 Å². The monoisotopic (exact) mass is 302 g/mol. The third-order valence-electron chi connectivity index (χ3n) is 2.26. The van der Waals surface area contributed by atoms with Gasteiger partial charge in [0, 0.05) is 0 Å². The van der Waals surface area contributed by atoms with Crippen LogP contribution in [0.2, 0.25) is 0 Å². The molecule has 5 nitrogen and oxygen atoms in total. The van der Waals surface area contributed by atoms with Gasteiger partial charge in [0.15, 0.2) is 0 Å². The molecule has 86 valence electrons. The van der Waals surface area contributed by atoms with Crippen LogP contribution >= 0.6 is 27.5 Å². The highest BCUT2D eigenvalue weighted by Gasteiger charge is 2.23. The number of hydrazine groups is 1. The van der Waals surface area contributed by atoms with Crippen molar-refractivity contribution < 1.29 is 4.42 Å². The second-order valence-corrected chi connectivity index (χ2v) is 4.81. The summed E-state index contributed by atoms with van der Waals surface area (Å²) >= 11 is 4.74. The highest BCUT2D eigenvalue weighted by molar-refractivity contribution is 9.10. The molecule has 0 saturated heterocycles. The van der Waals surface area contributed by atoms with Crippen LogP contribution in [0.3, 0.4) is 0 Å². The molecule has 2 rings (SSSR count). The minimum absolute atomic E-state index is 0.209. The Bertz CT molecular complexity index is 470. The van der Waals surface area contributed by atoms with E-state index in [1.165, 1.54) is 11.5 Å². The molecule has 2 heterocycles. The van der Waals surface area contributed by atoms with Crippen molar-refractivity contribution in [1.82, 2.24) is 15.0 Å². The summed E-state index contributed by atoms with van der Waals surface area (Å²) in [6.07, 6.45) is 2.44. The fraction of sp³-hybridized carbons (Fsp3) is 0.333. The van der Waals surface area contributed by atoms with Crippen LogP contribution in [-0.4, -0.2) is 9.59 Å². The lowest BCUT2D eigenvalue weighted by molar-refractivity contribution is 0.451. The van der Waals surface area contributed by atoms with Gasteiger partial charge in [0.1, 0.15) is 11.8 Å². The van der Waals surface area contributed by atoms with E-state index in [4.69, 9.17) is 10.3 Å². The van der Waals surface area contributed by atoms with Gasteiger partial charge in [-0.3, -0.25) is 5.84 Å². The van der Waals surface area contributed by atoms with Crippen molar-refractivity contribution >= 4 is 27.5 Å². The first kappa shape index (κ1) is 11.7. The zero-order chi connectivity index (χ0) is 11.5. The van der Waals surface area contributed by atoms with Crippen molar-refractivity contribution in [2.75, 3.05) is 0 Å². The third-order valence-corrected chi connectivity index (χ3v) is 3.74. The van der Waals surface area contributed by atoms with Crippen LogP contribution in [0.1, 0.15) is 29.3 Å². The Kier molecular flexibility index (Phi) is 3.70. The predicted molar refractivity (Wildman–Crippen MR) is 64.9 cm³/mol. The van der Waals surface area contributed by atoms with E-state index in [9.17, 15) is 0 Å². The number of hydrogen-bond donors (Lipinski definition) is 2. The van der Waals surface area contributed by atoms with E-state index in [2.05, 4.69) is 30.9 Å². The predicted octanol–water partition coefficient (Wildman–Crippen LogP) is 2.01. The summed E-state index contributed by atoms with van der Waals surface area (Å²) in [6.45, 7) is 2.03. The van der Waals surface area contributed by atoms with Crippen LogP contribution in [0.15, 0.2) is 21.2 Å². The Morgan fingerprint density at radius 3 is 3.06 bits per heavy atom. The summed E-state index contributed by atoms with van der Waals surface area (Å²) in [6, 6.07) is 1.62. The van der Waals surface area contributed by atoms with E-state index < -0.39 is 0 Å². The number of nitrogens with one attached hydrogen (secondary N) is 1. The van der Waals surface area contributed by atoms with Gasteiger partial charge in [0.05, 0.1) is 21.3 Å². The maximum absolute atomic E-state index is 5.57. The summed E-state index contributed by atoms with van der Waals surface area (Å²) < 4.78 is 10.2. The summed E-state index contributed by atoms with van der Waals surface area (Å²) in [7, 11) is 0. The van der Waals surface area contributed by atoms with Crippen molar-refractivity contribution in [3.05, 3.63) is 33.1 Å². The molecular formula is C9H11BrN4OS. The molecule has 16 heavy (non-hydrogen) atoms. The zero-order valence-electron chi connectivity index (χ0n) is 8.61. The van der Waals surface area contributed by atoms with Gasteiger partial charge in [-0.05, 0) is 39.9 Å². The second-order valence-electron chi connectivity index (χ2n) is 3.17. The Balaban J connectivity index is 2.40. The molecule has 0 aliphatic rings. The van der Waals surface area contributed by atoms with Crippen molar-refractivity contribution in [1.29, 1.82) is 0 Å². The number of aromatic nitrogens is 2. The number of furan rings is 1. The molecule has 0 aliphatic carbocycles. The lowest BCUT2D eigenvalue weighted by atomic mass is 10.1. The molecule has 0 radical (unpaired) electrons. The van der Waals surface area contributed by atoms with Crippen molar-refractivity contribution in [2.24, 2.45) is 5.84 Å². The number of halogens is 1. The largest absolute Gasteiger partial charge is 0.466 e. The molecule has 0 aromatic carbocycles. The smallest absolute Gasteiger partial charge is 0.141 e. The van der Waals surface area contributed by atoms with Crippen LogP contribution in [0.25, 0.3) is 0 Å². The molecule has 7 heteroatoms. The van der Waals surface area contributed by atoms with Gasteiger partial charge in [0.25, 0.3) is 0 Å². The molecule has 0 spiro atoms.